The molecule has 2 N–H and O–H groups in total. The van der Waals surface area contributed by atoms with Crippen molar-refractivity contribution in [3.63, 3.8) is 0 Å². The molecule has 0 aliphatic carbocycles. The fourth-order valence-corrected chi connectivity index (χ4v) is 3.86. The van der Waals surface area contributed by atoms with Crippen molar-refractivity contribution < 1.29 is 26.8 Å². The minimum Gasteiger partial charge on any atom is -0.347 e. The first kappa shape index (κ1) is 24.3. The Hall–Kier alpha value is -3.01. The van der Waals surface area contributed by atoms with Crippen LogP contribution in [0.1, 0.15) is 30.6 Å². The van der Waals surface area contributed by atoms with Gasteiger partial charge in [0.25, 0.3) is 15.9 Å². The lowest BCUT2D eigenvalue weighted by Gasteiger charge is -2.23. The van der Waals surface area contributed by atoms with Crippen molar-refractivity contribution in [2.45, 2.75) is 31.2 Å². The predicted octanol–water partition coefficient (Wildman–Crippen LogP) is 3.00. The smallest absolute Gasteiger partial charge is 0.261 e. The van der Waals surface area contributed by atoms with E-state index in [2.05, 4.69) is 10.0 Å². The minimum absolute atomic E-state index is 0.129. The van der Waals surface area contributed by atoms with Crippen molar-refractivity contribution >= 4 is 27.5 Å². The summed E-state index contributed by atoms with van der Waals surface area (Å²) in [6.45, 7) is 3.88. The van der Waals surface area contributed by atoms with Crippen LogP contribution >= 0.6 is 0 Å². The number of carbonyl (C=O) groups is 2. The van der Waals surface area contributed by atoms with Crippen molar-refractivity contribution in [1.82, 2.24) is 10.2 Å². The number of hydrogen-bond acceptors (Lipinski definition) is 4. The molecule has 2 amide bonds. The van der Waals surface area contributed by atoms with E-state index < -0.39 is 38.5 Å². The third-order valence-corrected chi connectivity index (χ3v) is 5.73. The van der Waals surface area contributed by atoms with Crippen LogP contribution in [0.15, 0.2) is 47.4 Å². The van der Waals surface area contributed by atoms with Gasteiger partial charge in [-0.1, -0.05) is 13.8 Å². The molecular formula is C21H25F2N3O4S. The van der Waals surface area contributed by atoms with E-state index >= 15 is 0 Å². The van der Waals surface area contributed by atoms with Gasteiger partial charge in [-0.15, -0.1) is 0 Å². The molecular weight excluding hydrogens is 428 g/mol. The van der Waals surface area contributed by atoms with E-state index in [9.17, 15) is 26.8 Å². The molecule has 0 heterocycles. The van der Waals surface area contributed by atoms with Crippen LogP contribution in [0.4, 0.5) is 14.5 Å². The summed E-state index contributed by atoms with van der Waals surface area (Å²) in [5.74, 6) is -2.95. The third-order valence-electron chi connectivity index (χ3n) is 4.35. The first-order valence-electron chi connectivity index (χ1n) is 9.50. The molecule has 0 aliphatic rings. The first-order valence-corrected chi connectivity index (χ1v) is 11.0. The number of carbonyl (C=O) groups excluding carboxylic acids is 2. The molecule has 0 fully saturated rings. The summed E-state index contributed by atoms with van der Waals surface area (Å²) < 4.78 is 53.3. The van der Waals surface area contributed by atoms with Crippen LogP contribution < -0.4 is 10.0 Å². The average Bonchev–Trinajstić information content (AvgIpc) is 2.68. The monoisotopic (exact) mass is 453 g/mol. The highest BCUT2D eigenvalue weighted by Crippen LogP contribution is 2.19. The molecule has 31 heavy (non-hydrogen) atoms. The van der Waals surface area contributed by atoms with Crippen LogP contribution in [-0.4, -0.2) is 45.3 Å². The lowest BCUT2D eigenvalue weighted by Crippen LogP contribution is -2.46. The molecule has 0 aromatic heterocycles. The Morgan fingerprint density at radius 3 is 2.13 bits per heavy atom. The van der Waals surface area contributed by atoms with Gasteiger partial charge in [-0.05, 0) is 54.8 Å². The van der Waals surface area contributed by atoms with Crippen molar-refractivity contribution in [2.24, 2.45) is 5.92 Å². The molecule has 168 valence electrons. The van der Waals surface area contributed by atoms with Crippen LogP contribution in [-0.2, 0) is 14.8 Å². The predicted molar refractivity (Wildman–Crippen MR) is 113 cm³/mol. The van der Waals surface area contributed by atoms with Gasteiger partial charge in [0.15, 0.2) is 11.6 Å². The van der Waals surface area contributed by atoms with E-state index in [0.717, 1.165) is 12.1 Å². The number of nitrogens with one attached hydrogen (secondary N) is 2. The van der Waals surface area contributed by atoms with Crippen molar-refractivity contribution in [3.8, 4) is 0 Å². The molecule has 0 bridgehead atoms. The molecule has 2 aromatic carbocycles. The Morgan fingerprint density at radius 2 is 1.61 bits per heavy atom. The zero-order valence-electron chi connectivity index (χ0n) is 17.6. The van der Waals surface area contributed by atoms with Gasteiger partial charge >= 0.3 is 0 Å². The fourth-order valence-electron chi connectivity index (χ4n) is 2.79. The number of sulfonamides is 1. The second-order valence-corrected chi connectivity index (χ2v) is 9.33. The Kier molecular flexibility index (Phi) is 7.72. The quantitative estimate of drug-likeness (QED) is 0.642. The molecule has 0 aliphatic heterocycles. The van der Waals surface area contributed by atoms with Gasteiger partial charge in [-0.3, -0.25) is 14.3 Å². The molecule has 0 radical (unpaired) electrons. The van der Waals surface area contributed by atoms with E-state index in [0.29, 0.717) is 12.5 Å². The van der Waals surface area contributed by atoms with E-state index in [1.165, 1.54) is 29.2 Å². The zero-order valence-corrected chi connectivity index (χ0v) is 18.5. The van der Waals surface area contributed by atoms with Crippen LogP contribution in [0.25, 0.3) is 0 Å². The van der Waals surface area contributed by atoms with Crippen molar-refractivity contribution in [1.29, 1.82) is 0 Å². The van der Waals surface area contributed by atoms with Crippen LogP contribution in [0.5, 0.6) is 0 Å². The number of halogens is 2. The van der Waals surface area contributed by atoms with Crippen LogP contribution in [0.3, 0.4) is 0 Å². The summed E-state index contributed by atoms with van der Waals surface area (Å²) in [5.41, 5.74) is 0.362. The maximum absolute atomic E-state index is 13.3. The van der Waals surface area contributed by atoms with E-state index in [1.54, 1.807) is 14.1 Å². The number of hydrogen-bond donors (Lipinski definition) is 2. The molecule has 0 unspecified atom stereocenters. The van der Waals surface area contributed by atoms with Crippen molar-refractivity contribution in [2.75, 3.05) is 18.8 Å². The van der Waals surface area contributed by atoms with E-state index in [-0.39, 0.29) is 23.1 Å². The summed E-state index contributed by atoms with van der Waals surface area (Å²) in [5, 5.41) is 2.70. The minimum atomic E-state index is -4.15. The Morgan fingerprint density at radius 1 is 1.00 bits per heavy atom. The number of benzene rings is 2. The molecule has 10 heteroatoms. The Balaban J connectivity index is 2.13. The fraction of sp³-hybridized carbons (Fsp3) is 0.333. The first-order chi connectivity index (χ1) is 14.4. The molecule has 2 rings (SSSR count). The number of nitrogens with zero attached hydrogens (tertiary/aromatic N) is 1. The molecule has 0 spiro atoms. The zero-order chi connectivity index (χ0) is 23.3. The van der Waals surface area contributed by atoms with E-state index in [4.69, 9.17) is 0 Å². The molecule has 7 nitrogen and oxygen atoms in total. The standard InChI is InChI=1S/C21H25F2N3O4S/c1-13(2)11-19(21(28)26(3)4)24-20(27)14-5-7-15(8-6-14)25-31(29,30)16-9-10-17(22)18(23)12-16/h5-10,12-13,19,25H,11H2,1-4H3,(H,24,27)/t19-/m0/s1. The highest BCUT2D eigenvalue weighted by atomic mass is 32.2. The second kappa shape index (κ2) is 9.86. The number of anilines is 1. The maximum Gasteiger partial charge on any atom is 0.261 e. The summed E-state index contributed by atoms with van der Waals surface area (Å²) >= 11 is 0. The highest BCUT2D eigenvalue weighted by Gasteiger charge is 2.24. The van der Waals surface area contributed by atoms with Crippen molar-refractivity contribution in [3.05, 3.63) is 59.7 Å². The molecule has 1 atom stereocenters. The number of likely N-dealkylation sites (N-methyl/N-ethyl adjacent to an activating group) is 1. The van der Waals surface area contributed by atoms with Gasteiger partial charge in [0.2, 0.25) is 5.91 Å². The van der Waals surface area contributed by atoms with Gasteiger partial charge in [-0.2, -0.15) is 0 Å². The molecule has 0 saturated carbocycles. The summed E-state index contributed by atoms with van der Waals surface area (Å²) in [6, 6.07) is 7.06. The largest absolute Gasteiger partial charge is 0.347 e. The lowest BCUT2D eigenvalue weighted by molar-refractivity contribution is -0.131. The van der Waals surface area contributed by atoms with Gasteiger partial charge in [0.1, 0.15) is 6.04 Å². The molecule has 2 aromatic rings. The summed E-state index contributed by atoms with van der Waals surface area (Å²) in [7, 11) is -0.933. The second-order valence-electron chi connectivity index (χ2n) is 7.65. The molecule has 0 saturated heterocycles. The van der Waals surface area contributed by atoms with E-state index in [1.807, 2.05) is 13.8 Å². The summed E-state index contributed by atoms with van der Waals surface area (Å²) in [6.07, 6.45) is 0.467. The van der Waals surface area contributed by atoms with Crippen LogP contribution in [0, 0.1) is 17.6 Å². The third kappa shape index (κ3) is 6.48. The Labute approximate surface area is 180 Å². The topological polar surface area (TPSA) is 95.6 Å². The van der Waals surface area contributed by atoms with Gasteiger partial charge < -0.3 is 10.2 Å². The SMILES string of the molecule is CC(C)C[C@H](NC(=O)c1ccc(NS(=O)(=O)c2ccc(F)c(F)c2)cc1)C(=O)N(C)C. The number of amides is 2. The van der Waals surface area contributed by atoms with Gasteiger partial charge in [0, 0.05) is 25.3 Å². The van der Waals surface area contributed by atoms with Crippen LogP contribution in [0.2, 0.25) is 0 Å². The normalized spacial score (nSPS) is 12.4. The van der Waals surface area contributed by atoms with Gasteiger partial charge in [-0.25, -0.2) is 17.2 Å². The van der Waals surface area contributed by atoms with Gasteiger partial charge in [0.05, 0.1) is 4.90 Å². The summed E-state index contributed by atoms with van der Waals surface area (Å²) in [4.78, 5) is 25.8. The number of rotatable bonds is 8. The maximum atomic E-state index is 13.3. The Bertz CT molecular complexity index is 1050. The highest BCUT2D eigenvalue weighted by molar-refractivity contribution is 7.92. The lowest BCUT2D eigenvalue weighted by atomic mass is 10.0. The average molecular weight is 454 g/mol.